The lowest BCUT2D eigenvalue weighted by Crippen LogP contribution is -2.20. The van der Waals surface area contributed by atoms with Crippen molar-refractivity contribution in [1.29, 1.82) is 0 Å². The van der Waals surface area contributed by atoms with Crippen molar-refractivity contribution >= 4 is 17.3 Å². The average Bonchev–Trinajstić information content (AvgIpc) is 2.40. The van der Waals surface area contributed by atoms with Gasteiger partial charge in [0.2, 0.25) is 0 Å². The van der Waals surface area contributed by atoms with E-state index in [4.69, 9.17) is 11.6 Å². The van der Waals surface area contributed by atoms with Gasteiger partial charge in [-0.2, -0.15) is 0 Å². The SMILES string of the molecule is CNCc1cccc(Cl)c1N(C)Cc1cccnc1. The molecule has 19 heavy (non-hydrogen) atoms. The third kappa shape index (κ3) is 3.46. The number of nitrogens with zero attached hydrogens (tertiary/aromatic N) is 2. The zero-order chi connectivity index (χ0) is 13.7. The van der Waals surface area contributed by atoms with E-state index >= 15 is 0 Å². The summed E-state index contributed by atoms with van der Waals surface area (Å²) in [5.74, 6) is 0. The molecule has 2 rings (SSSR count). The Bertz CT molecular complexity index is 528. The van der Waals surface area contributed by atoms with Crippen molar-refractivity contribution in [3.8, 4) is 0 Å². The van der Waals surface area contributed by atoms with E-state index < -0.39 is 0 Å². The second kappa shape index (κ2) is 6.55. The van der Waals surface area contributed by atoms with Gasteiger partial charge in [0.15, 0.2) is 0 Å². The quantitative estimate of drug-likeness (QED) is 0.909. The Morgan fingerprint density at radius 2 is 2.11 bits per heavy atom. The molecule has 0 amide bonds. The Morgan fingerprint density at radius 1 is 1.26 bits per heavy atom. The molecule has 0 aliphatic carbocycles. The molecule has 0 atom stereocenters. The Morgan fingerprint density at radius 3 is 2.79 bits per heavy atom. The minimum absolute atomic E-state index is 0.777. The van der Waals surface area contributed by atoms with Gasteiger partial charge in [0, 0.05) is 32.5 Å². The van der Waals surface area contributed by atoms with Crippen LogP contribution in [-0.4, -0.2) is 19.1 Å². The predicted molar refractivity (Wildman–Crippen MR) is 80.6 cm³/mol. The van der Waals surface area contributed by atoms with Gasteiger partial charge in [-0.25, -0.2) is 0 Å². The fraction of sp³-hybridized carbons (Fsp3) is 0.267. The maximum atomic E-state index is 6.34. The molecular formula is C15H18ClN3. The van der Waals surface area contributed by atoms with Crippen molar-refractivity contribution in [3.63, 3.8) is 0 Å². The number of hydrogen-bond acceptors (Lipinski definition) is 3. The summed E-state index contributed by atoms with van der Waals surface area (Å²) in [5.41, 5.74) is 3.43. The molecule has 2 aromatic rings. The standard InChI is InChI=1S/C15H18ClN3/c1-17-10-13-6-3-7-14(16)15(13)19(2)11-12-5-4-8-18-9-12/h3-9,17H,10-11H2,1-2H3. The van der Waals surface area contributed by atoms with Crippen LogP contribution >= 0.6 is 11.6 Å². The van der Waals surface area contributed by atoms with Gasteiger partial charge in [-0.05, 0) is 30.3 Å². The summed E-state index contributed by atoms with van der Waals surface area (Å²) in [6.45, 7) is 1.58. The molecule has 0 fully saturated rings. The Balaban J connectivity index is 2.25. The zero-order valence-corrected chi connectivity index (χ0v) is 12.0. The molecule has 0 radical (unpaired) electrons. The molecule has 1 N–H and O–H groups in total. The minimum Gasteiger partial charge on any atom is -0.369 e. The summed E-state index contributed by atoms with van der Waals surface area (Å²) in [4.78, 5) is 6.30. The van der Waals surface area contributed by atoms with Crippen LogP contribution in [-0.2, 0) is 13.1 Å². The largest absolute Gasteiger partial charge is 0.369 e. The van der Waals surface area contributed by atoms with Crippen LogP contribution in [0.4, 0.5) is 5.69 Å². The molecule has 1 aromatic carbocycles. The lowest BCUT2D eigenvalue weighted by molar-refractivity contribution is 0.805. The molecule has 0 saturated carbocycles. The van der Waals surface area contributed by atoms with Gasteiger partial charge in [-0.1, -0.05) is 29.8 Å². The fourth-order valence-electron chi connectivity index (χ4n) is 2.17. The Hall–Kier alpha value is -1.58. The van der Waals surface area contributed by atoms with Gasteiger partial charge in [0.25, 0.3) is 0 Å². The highest BCUT2D eigenvalue weighted by molar-refractivity contribution is 6.33. The molecule has 4 heteroatoms. The zero-order valence-electron chi connectivity index (χ0n) is 11.2. The molecular weight excluding hydrogens is 258 g/mol. The molecule has 100 valence electrons. The lowest BCUT2D eigenvalue weighted by Gasteiger charge is -2.23. The Kier molecular flexibility index (Phi) is 4.77. The van der Waals surface area contributed by atoms with Crippen molar-refractivity contribution in [2.24, 2.45) is 0 Å². The van der Waals surface area contributed by atoms with Crippen LogP contribution in [0, 0.1) is 0 Å². The van der Waals surface area contributed by atoms with Crippen molar-refractivity contribution < 1.29 is 0 Å². The monoisotopic (exact) mass is 275 g/mol. The summed E-state index contributed by atoms with van der Waals surface area (Å²) in [5, 5.41) is 3.95. The highest BCUT2D eigenvalue weighted by Crippen LogP contribution is 2.30. The van der Waals surface area contributed by atoms with Crippen LogP contribution in [0.15, 0.2) is 42.7 Å². The number of halogens is 1. The van der Waals surface area contributed by atoms with Gasteiger partial charge in [-0.3, -0.25) is 4.98 Å². The van der Waals surface area contributed by atoms with E-state index in [1.807, 2.05) is 38.5 Å². The summed E-state index contributed by atoms with van der Waals surface area (Å²) in [6, 6.07) is 10.0. The van der Waals surface area contributed by atoms with Gasteiger partial charge in [0.05, 0.1) is 10.7 Å². The van der Waals surface area contributed by atoms with Crippen molar-refractivity contribution in [3.05, 3.63) is 58.9 Å². The lowest BCUT2D eigenvalue weighted by atomic mass is 10.1. The van der Waals surface area contributed by atoms with E-state index in [0.717, 1.165) is 23.8 Å². The first kappa shape index (κ1) is 13.8. The number of pyridine rings is 1. The van der Waals surface area contributed by atoms with E-state index in [2.05, 4.69) is 27.3 Å². The summed E-state index contributed by atoms with van der Waals surface area (Å²) in [7, 11) is 3.99. The predicted octanol–water partition coefficient (Wildman–Crippen LogP) is 3.09. The molecule has 0 aliphatic heterocycles. The molecule has 1 aromatic heterocycles. The van der Waals surface area contributed by atoms with Crippen LogP contribution in [0.3, 0.4) is 0 Å². The fourth-order valence-corrected chi connectivity index (χ4v) is 2.50. The highest BCUT2D eigenvalue weighted by atomic mass is 35.5. The Labute approximate surface area is 119 Å². The van der Waals surface area contributed by atoms with Gasteiger partial charge in [-0.15, -0.1) is 0 Å². The molecule has 0 aliphatic rings. The number of para-hydroxylation sites is 1. The molecule has 1 heterocycles. The van der Waals surface area contributed by atoms with Crippen LogP contribution in [0.1, 0.15) is 11.1 Å². The second-order valence-electron chi connectivity index (χ2n) is 4.50. The maximum absolute atomic E-state index is 6.34. The number of nitrogens with one attached hydrogen (secondary N) is 1. The van der Waals surface area contributed by atoms with E-state index in [-0.39, 0.29) is 0 Å². The molecule has 0 unspecified atom stereocenters. The maximum Gasteiger partial charge on any atom is 0.0642 e. The molecule has 0 spiro atoms. The van der Waals surface area contributed by atoms with E-state index in [1.165, 1.54) is 11.1 Å². The highest BCUT2D eigenvalue weighted by Gasteiger charge is 2.11. The third-order valence-corrected chi connectivity index (χ3v) is 3.27. The molecule has 3 nitrogen and oxygen atoms in total. The number of rotatable bonds is 5. The van der Waals surface area contributed by atoms with Gasteiger partial charge < -0.3 is 10.2 Å². The first-order valence-corrected chi connectivity index (χ1v) is 6.62. The van der Waals surface area contributed by atoms with Crippen LogP contribution in [0.2, 0.25) is 5.02 Å². The van der Waals surface area contributed by atoms with Crippen molar-refractivity contribution in [1.82, 2.24) is 10.3 Å². The smallest absolute Gasteiger partial charge is 0.0642 e. The van der Waals surface area contributed by atoms with Crippen LogP contribution in [0.25, 0.3) is 0 Å². The summed E-state index contributed by atoms with van der Waals surface area (Å²) < 4.78 is 0. The normalized spacial score (nSPS) is 10.5. The van der Waals surface area contributed by atoms with Crippen molar-refractivity contribution in [2.45, 2.75) is 13.1 Å². The van der Waals surface area contributed by atoms with E-state index in [1.54, 1.807) is 6.20 Å². The number of benzene rings is 1. The third-order valence-electron chi connectivity index (χ3n) is 2.96. The first-order chi connectivity index (χ1) is 9.22. The summed E-state index contributed by atoms with van der Waals surface area (Å²) in [6.07, 6.45) is 3.66. The van der Waals surface area contributed by atoms with E-state index in [0.29, 0.717) is 0 Å². The number of aromatic nitrogens is 1. The average molecular weight is 276 g/mol. The first-order valence-electron chi connectivity index (χ1n) is 6.24. The van der Waals surface area contributed by atoms with Crippen LogP contribution < -0.4 is 10.2 Å². The molecule has 0 bridgehead atoms. The molecule has 0 saturated heterocycles. The van der Waals surface area contributed by atoms with E-state index in [9.17, 15) is 0 Å². The van der Waals surface area contributed by atoms with Gasteiger partial charge in [0.1, 0.15) is 0 Å². The van der Waals surface area contributed by atoms with Gasteiger partial charge >= 0.3 is 0 Å². The minimum atomic E-state index is 0.777. The van der Waals surface area contributed by atoms with Crippen LogP contribution in [0.5, 0.6) is 0 Å². The number of anilines is 1. The number of hydrogen-bond donors (Lipinski definition) is 1. The topological polar surface area (TPSA) is 28.2 Å². The summed E-state index contributed by atoms with van der Waals surface area (Å²) >= 11 is 6.34. The van der Waals surface area contributed by atoms with Crippen molar-refractivity contribution in [2.75, 3.05) is 19.0 Å². The second-order valence-corrected chi connectivity index (χ2v) is 4.90.